The van der Waals surface area contributed by atoms with Crippen LogP contribution in [-0.4, -0.2) is 26.9 Å². The van der Waals surface area contributed by atoms with Crippen LogP contribution in [0.5, 0.6) is 11.5 Å². The molecule has 3 N–H and O–H groups in total. The summed E-state index contributed by atoms with van der Waals surface area (Å²) in [5, 5.41) is 16.9. The highest BCUT2D eigenvalue weighted by molar-refractivity contribution is 6.15. The number of hydrogen-bond donors (Lipinski definition) is 3. The molecule has 140 valence electrons. The second-order valence-corrected chi connectivity index (χ2v) is 6.14. The number of aromatic amines is 2. The highest BCUT2D eigenvalue weighted by Gasteiger charge is 2.21. The lowest BCUT2D eigenvalue weighted by Crippen LogP contribution is -2.01. The van der Waals surface area contributed by atoms with Gasteiger partial charge in [0.1, 0.15) is 11.3 Å². The Labute approximate surface area is 154 Å². The molecule has 9 heteroatoms. The second kappa shape index (κ2) is 5.81. The Kier molecular flexibility index (Phi) is 3.38. The third-order valence-corrected chi connectivity index (χ3v) is 4.50. The summed E-state index contributed by atoms with van der Waals surface area (Å²) in [6.45, 7) is -2.95. The Hall–Kier alpha value is -3.88. The fraction of sp³-hybridized carbons (Fsp3) is 0.0526. The van der Waals surface area contributed by atoms with Gasteiger partial charge in [-0.1, -0.05) is 12.1 Å². The van der Waals surface area contributed by atoms with E-state index in [0.717, 1.165) is 0 Å². The first kappa shape index (κ1) is 16.3. The van der Waals surface area contributed by atoms with E-state index >= 15 is 0 Å². The third kappa shape index (κ3) is 2.33. The highest BCUT2D eigenvalue weighted by Crippen LogP contribution is 2.40. The second-order valence-electron chi connectivity index (χ2n) is 6.14. The maximum absolute atomic E-state index is 12.6. The first-order chi connectivity index (χ1) is 13.5. The molecule has 5 rings (SSSR count). The monoisotopic (exact) mass is 383 g/mol. The molecule has 3 heterocycles. The number of hydrogen-bond acceptors (Lipinski definition) is 5. The molecule has 0 saturated heterocycles. The lowest BCUT2D eigenvalue weighted by molar-refractivity contribution is -0.0498. The summed E-state index contributed by atoms with van der Waals surface area (Å²) in [7, 11) is 0. The van der Waals surface area contributed by atoms with E-state index in [9.17, 15) is 18.7 Å². The molecule has 5 aromatic rings. The average Bonchev–Trinajstić information content (AvgIpc) is 3.27. The number of nitrogens with one attached hydrogen (secondary N) is 2. The standard InChI is InChI=1S/C19H11F2N3O4/c20-19(21)27-9-3-1-2-8(6-9)13-11-7-22-24-18(11)23-14-10-4-5-12(25)15(26)16(10)28-17(13)14/h1-7,19,26H,(H2,22,23,24). The summed E-state index contributed by atoms with van der Waals surface area (Å²) in [6, 6.07) is 8.93. The number of rotatable bonds is 3. The minimum atomic E-state index is -2.95. The molecule has 0 spiro atoms. The number of aromatic nitrogens is 3. The first-order valence-electron chi connectivity index (χ1n) is 8.22. The molecule has 0 fully saturated rings. The number of pyridine rings is 1. The highest BCUT2D eigenvalue weighted by atomic mass is 19.3. The number of benzene rings is 2. The number of furan rings is 1. The molecular formula is C19H11F2N3O4. The molecule has 0 atom stereocenters. The van der Waals surface area contributed by atoms with Crippen molar-refractivity contribution in [3.63, 3.8) is 0 Å². The fourth-order valence-corrected chi connectivity index (χ4v) is 3.34. The maximum atomic E-state index is 12.6. The van der Waals surface area contributed by atoms with Gasteiger partial charge < -0.3 is 19.4 Å². The molecule has 0 radical (unpaired) electrons. The Morgan fingerprint density at radius 1 is 1.14 bits per heavy atom. The van der Waals surface area contributed by atoms with E-state index in [2.05, 4.69) is 19.9 Å². The van der Waals surface area contributed by atoms with Gasteiger partial charge >= 0.3 is 6.61 Å². The van der Waals surface area contributed by atoms with Gasteiger partial charge in [-0.2, -0.15) is 8.78 Å². The van der Waals surface area contributed by atoms with Gasteiger partial charge in [0.05, 0.1) is 5.39 Å². The van der Waals surface area contributed by atoms with Crippen molar-refractivity contribution in [2.24, 2.45) is 0 Å². The number of halogens is 2. The van der Waals surface area contributed by atoms with Crippen LogP contribution in [0, 0.1) is 0 Å². The zero-order chi connectivity index (χ0) is 19.4. The topological polar surface area (TPSA) is 104 Å². The summed E-state index contributed by atoms with van der Waals surface area (Å²) < 4.78 is 35.5. The number of ether oxygens (including phenoxy) is 1. The molecule has 0 unspecified atom stereocenters. The molecule has 0 saturated carbocycles. The van der Waals surface area contributed by atoms with Crippen molar-refractivity contribution >= 4 is 33.1 Å². The Balaban J connectivity index is 1.90. The molecule has 3 aromatic heterocycles. The molecular weight excluding hydrogens is 372 g/mol. The number of fused-ring (bicyclic) bond motifs is 4. The predicted octanol–water partition coefficient (Wildman–Crippen LogP) is 4.12. The van der Waals surface area contributed by atoms with Crippen molar-refractivity contribution in [3.8, 4) is 22.6 Å². The van der Waals surface area contributed by atoms with E-state index in [0.29, 0.717) is 38.6 Å². The van der Waals surface area contributed by atoms with E-state index in [1.165, 1.54) is 24.3 Å². The molecule has 0 aliphatic carbocycles. The van der Waals surface area contributed by atoms with Gasteiger partial charge in [0.15, 0.2) is 16.8 Å². The van der Waals surface area contributed by atoms with Crippen LogP contribution >= 0.6 is 0 Å². The molecule has 7 nitrogen and oxygen atoms in total. The number of phenols is 1. The molecule has 0 amide bonds. The minimum Gasteiger partial charge on any atom is -0.502 e. The van der Waals surface area contributed by atoms with Gasteiger partial charge in [-0.3, -0.25) is 9.89 Å². The predicted molar refractivity (Wildman–Crippen MR) is 97.7 cm³/mol. The number of phenolic OH excluding ortho intramolecular Hbond substituents is 1. The smallest absolute Gasteiger partial charge is 0.387 e. The van der Waals surface area contributed by atoms with Gasteiger partial charge in [-0.25, -0.2) is 4.98 Å². The van der Waals surface area contributed by atoms with E-state index in [4.69, 9.17) is 4.42 Å². The lowest BCUT2D eigenvalue weighted by Gasteiger charge is -2.08. The van der Waals surface area contributed by atoms with Crippen molar-refractivity contribution in [2.45, 2.75) is 6.61 Å². The van der Waals surface area contributed by atoms with Crippen LogP contribution in [0.3, 0.4) is 0 Å². The van der Waals surface area contributed by atoms with Crippen molar-refractivity contribution in [3.05, 3.63) is 52.8 Å². The van der Waals surface area contributed by atoms with Crippen LogP contribution in [0.15, 0.2) is 51.8 Å². The zero-order valence-corrected chi connectivity index (χ0v) is 14.0. The molecule has 28 heavy (non-hydrogen) atoms. The van der Waals surface area contributed by atoms with Crippen molar-refractivity contribution in [1.29, 1.82) is 0 Å². The normalized spacial score (nSPS) is 11.8. The largest absolute Gasteiger partial charge is 0.502 e. The summed E-state index contributed by atoms with van der Waals surface area (Å²) in [6.07, 6.45) is 1.66. The zero-order valence-electron chi connectivity index (χ0n) is 14.0. The van der Waals surface area contributed by atoms with E-state index in [1.807, 2.05) is 0 Å². The SMILES string of the molecule is O=c1ccc2c(oc3c(-c4cccc(OC(F)F)c4)c4c[nH][nH]c4nc32)c1O. The minimum absolute atomic E-state index is 0.00840. The van der Waals surface area contributed by atoms with Crippen molar-refractivity contribution < 1.29 is 23.0 Å². The van der Waals surface area contributed by atoms with Crippen LogP contribution in [0.1, 0.15) is 0 Å². The quantitative estimate of drug-likeness (QED) is 0.435. The average molecular weight is 383 g/mol. The Morgan fingerprint density at radius 3 is 2.82 bits per heavy atom. The van der Waals surface area contributed by atoms with Crippen LogP contribution in [0.25, 0.3) is 44.2 Å². The van der Waals surface area contributed by atoms with Crippen molar-refractivity contribution in [1.82, 2.24) is 15.2 Å². The summed E-state index contributed by atoms with van der Waals surface area (Å²) in [5.41, 5.74) is 1.78. The van der Waals surface area contributed by atoms with Gasteiger partial charge in [0, 0.05) is 17.1 Å². The molecule has 0 aliphatic heterocycles. The van der Waals surface area contributed by atoms with Gasteiger partial charge in [0.25, 0.3) is 0 Å². The number of alkyl halides is 2. The molecule has 2 aromatic carbocycles. The Bertz CT molecular complexity index is 1420. The molecule has 0 aliphatic rings. The van der Waals surface area contributed by atoms with Crippen molar-refractivity contribution in [2.75, 3.05) is 0 Å². The van der Waals surface area contributed by atoms with Crippen LogP contribution in [0.4, 0.5) is 8.78 Å². The van der Waals surface area contributed by atoms with Gasteiger partial charge in [-0.05, 0) is 29.8 Å². The maximum Gasteiger partial charge on any atom is 0.387 e. The molecule has 0 bridgehead atoms. The fourth-order valence-electron chi connectivity index (χ4n) is 3.34. The van der Waals surface area contributed by atoms with E-state index in [-0.39, 0.29) is 11.3 Å². The van der Waals surface area contributed by atoms with Gasteiger partial charge in [-0.15, -0.1) is 0 Å². The number of aromatic hydroxyl groups is 1. The van der Waals surface area contributed by atoms with Crippen LogP contribution < -0.4 is 10.2 Å². The van der Waals surface area contributed by atoms with Crippen LogP contribution in [0.2, 0.25) is 0 Å². The third-order valence-electron chi connectivity index (χ3n) is 4.50. The summed E-state index contributed by atoms with van der Waals surface area (Å²) >= 11 is 0. The lowest BCUT2D eigenvalue weighted by atomic mass is 10.0. The number of H-pyrrole nitrogens is 2. The van der Waals surface area contributed by atoms with Crippen LogP contribution in [-0.2, 0) is 0 Å². The van der Waals surface area contributed by atoms with E-state index < -0.39 is 17.8 Å². The summed E-state index contributed by atoms with van der Waals surface area (Å²) in [4.78, 5) is 16.3. The number of nitrogens with zero attached hydrogens (tertiary/aromatic N) is 1. The summed E-state index contributed by atoms with van der Waals surface area (Å²) in [5.74, 6) is -0.516. The Morgan fingerprint density at radius 2 is 2.00 bits per heavy atom. The van der Waals surface area contributed by atoms with Gasteiger partial charge in [0.2, 0.25) is 11.2 Å². The first-order valence-corrected chi connectivity index (χ1v) is 8.22. The van der Waals surface area contributed by atoms with E-state index in [1.54, 1.807) is 18.3 Å².